The van der Waals surface area contributed by atoms with Gasteiger partial charge in [-0.05, 0) is 26.3 Å². The van der Waals surface area contributed by atoms with Gasteiger partial charge in [0.15, 0.2) is 0 Å². The largest absolute Gasteiger partial charge is 0.338 e. The van der Waals surface area contributed by atoms with Gasteiger partial charge >= 0.3 is 0 Å². The van der Waals surface area contributed by atoms with Gasteiger partial charge < -0.3 is 10.2 Å². The van der Waals surface area contributed by atoms with Crippen LogP contribution in [0.2, 0.25) is 0 Å². The Morgan fingerprint density at radius 3 is 3.06 bits per heavy atom. The van der Waals surface area contributed by atoms with Crippen molar-refractivity contribution in [3.05, 3.63) is 18.0 Å². The first-order chi connectivity index (χ1) is 8.69. The molecule has 100 valence electrons. The molecule has 1 aliphatic heterocycles. The fourth-order valence-corrected chi connectivity index (χ4v) is 2.42. The normalized spacial score (nSPS) is 19.1. The standard InChI is InChI=1S/C13H22N4O/c1-3-17(10-11-8-15-16(2)9-11)13(18)7-12-5-4-6-14-12/h8-9,12,14H,3-7,10H2,1-2H3. The van der Waals surface area contributed by atoms with Crippen LogP contribution in [0.1, 0.15) is 31.7 Å². The van der Waals surface area contributed by atoms with Gasteiger partial charge in [0, 0.05) is 44.4 Å². The molecule has 0 aromatic carbocycles. The van der Waals surface area contributed by atoms with Crippen LogP contribution in [0.5, 0.6) is 0 Å². The zero-order chi connectivity index (χ0) is 13.0. The molecule has 2 heterocycles. The van der Waals surface area contributed by atoms with Gasteiger partial charge in [0.05, 0.1) is 6.20 Å². The fraction of sp³-hybridized carbons (Fsp3) is 0.692. The number of aromatic nitrogens is 2. The topological polar surface area (TPSA) is 50.2 Å². The van der Waals surface area contributed by atoms with Gasteiger partial charge in [-0.3, -0.25) is 9.48 Å². The molecule has 18 heavy (non-hydrogen) atoms. The summed E-state index contributed by atoms with van der Waals surface area (Å²) in [6.45, 7) is 4.49. The van der Waals surface area contributed by atoms with E-state index < -0.39 is 0 Å². The lowest BCUT2D eigenvalue weighted by molar-refractivity contribution is -0.132. The van der Waals surface area contributed by atoms with E-state index in [2.05, 4.69) is 10.4 Å². The molecule has 5 nitrogen and oxygen atoms in total. The molecule has 1 unspecified atom stereocenters. The van der Waals surface area contributed by atoms with Crippen LogP contribution in [-0.4, -0.2) is 39.7 Å². The molecule has 1 atom stereocenters. The molecule has 0 radical (unpaired) electrons. The number of nitrogens with zero attached hydrogens (tertiary/aromatic N) is 3. The van der Waals surface area contributed by atoms with Crippen molar-refractivity contribution in [3.8, 4) is 0 Å². The molecule has 1 saturated heterocycles. The minimum Gasteiger partial charge on any atom is -0.338 e. The number of carbonyl (C=O) groups excluding carboxylic acids is 1. The summed E-state index contributed by atoms with van der Waals surface area (Å²) in [6, 6.07) is 0.375. The van der Waals surface area contributed by atoms with Crippen molar-refractivity contribution >= 4 is 5.91 Å². The zero-order valence-electron chi connectivity index (χ0n) is 11.2. The summed E-state index contributed by atoms with van der Waals surface area (Å²) in [5, 5.41) is 7.50. The number of hydrogen-bond acceptors (Lipinski definition) is 3. The van der Waals surface area contributed by atoms with E-state index in [0.29, 0.717) is 19.0 Å². The predicted molar refractivity (Wildman–Crippen MR) is 69.9 cm³/mol. The Balaban J connectivity index is 1.88. The van der Waals surface area contributed by atoms with Gasteiger partial charge in [-0.2, -0.15) is 5.10 Å². The lowest BCUT2D eigenvalue weighted by Crippen LogP contribution is -2.35. The van der Waals surface area contributed by atoms with Crippen LogP contribution in [-0.2, 0) is 18.4 Å². The SMILES string of the molecule is CCN(Cc1cnn(C)c1)C(=O)CC1CCCN1. The molecule has 1 fully saturated rings. The number of carbonyl (C=O) groups is 1. The van der Waals surface area contributed by atoms with E-state index in [-0.39, 0.29) is 5.91 Å². The van der Waals surface area contributed by atoms with E-state index in [1.54, 1.807) is 4.68 Å². The average molecular weight is 250 g/mol. The number of rotatable bonds is 5. The number of hydrogen-bond donors (Lipinski definition) is 1. The van der Waals surface area contributed by atoms with Crippen LogP contribution in [0.4, 0.5) is 0 Å². The molecule has 0 bridgehead atoms. The first-order valence-electron chi connectivity index (χ1n) is 6.67. The maximum Gasteiger partial charge on any atom is 0.224 e. The highest BCUT2D eigenvalue weighted by molar-refractivity contribution is 5.76. The predicted octanol–water partition coefficient (Wildman–Crippen LogP) is 0.911. The molecular formula is C13H22N4O. The van der Waals surface area contributed by atoms with Crippen molar-refractivity contribution in [2.45, 2.75) is 38.8 Å². The maximum atomic E-state index is 12.2. The Labute approximate surface area is 108 Å². The van der Waals surface area contributed by atoms with Crippen LogP contribution < -0.4 is 5.32 Å². The smallest absolute Gasteiger partial charge is 0.224 e. The highest BCUT2D eigenvalue weighted by Crippen LogP contribution is 2.12. The molecule has 2 rings (SSSR count). The molecule has 1 aromatic heterocycles. The maximum absolute atomic E-state index is 12.2. The lowest BCUT2D eigenvalue weighted by atomic mass is 10.1. The Kier molecular flexibility index (Phi) is 4.36. The summed E-state index contributed by atoms with van der Waals surface area (Å²) in [6.07, 6.45) is 6.71. The Bertz CT molecular complexity index is 395. The minimum atomic E-state index is 0.237. The second kappa shape index (κ2) is 6.00. The van der Waals surface area contributed by atoms with Gasteiger partial charge in [0.1, 0.15) is 0 Å². The van der Waals surface area contributed by atoms with Crippen molar-refractivity contribution in [2.24, 2.45) is 7.05 Å². The van der Waals surface area contributed by atoms with Crippen LogP contribution in [0, 0.1) is 0 Å². The highest BCUT2D eigenvalue weighted by Gasteiger charge is 2.21. The third-order valence-corrected chi connectivity index (χ3v) is 3.45. The van der Waals surface area contributed by atoms with Gasteiger partial charge in [-0.1, -0.05) is 0 Å². The second-order valence-corrected chi connectivity index (χ2v) is 4.93. The molecular weight excluding hydrogens is 228 g/mol. The molecule has 1 aliphatic rings. The fourth-order valence-electron chi connectivity index (χ4n) is 2.42. The van der Waals surface area contributed by atoms with E-state index in [1.165, 1.54) is 6.42 Å². The Morgan fingerprint density at radius 1 is 1.67 bits per heavy atom. The van der Waals surface area contributed by atoms with Crippen molar-refractivity contribution in [2.75, 3.05) is 13.1 Å². The van der Waals surface area contributed by atoms with Gasteiger partial charge in [0.2, 0.25) is 5.91 Å². The molecule has 1 aromatic rings. The third-order valence-electron chi connectivity index (χ3n) is 3.45. The third kappa shape index (κ3) is 3.32. The number of nitrogens with one attached hydrogen (secondary N) is 1. The Hall–Kier alpha value is -1.36. The van der Waals surface area contributed by atoms with Crippen molar-refractivity contribution in [1.29, 1.82) is 0 Å². The van der Waals surface area contributed by atoms with Gasteiger partial charge in [0.25, 0.3) is 0 Å². The van der Waals surface area contributed by atoms with Crippen molar-refractivity contribution in [3.63, 3.8) is 0 Å². The number of aryl methyl sites for hydroxylation is 1. The summed E-state index contributed by atoms with van der Waals surface area (Å²) in [5.74, 6) is 0.237. The molecule has 5 heteroatoms. The van der Waals surface area contributed by atoms with E-state index in [0.717, 1.165) is 25.1 Å². The molecule has 0 aliphatic carbocycles. The highest BCUT2D eigenvalue weighted by atomic mass is 16.2. The van der Waals surface area contributed by atoms with Crippen molar-refractivity contribution in [1.82, 2.24) is 20.0 Å². The van der Waals surface area contributed by atoms with Gasteiger partial charge in [-0.25, -0.2) is 0 Å². The molecule has 0 saturated carbocycles. The van der Waals surface area contributed by atoms with Gasteiger partial charge in [-0.15, -0.1) is 0 Å². The first-order valence-corrected chi connectivity index (χ1v) is 6.67. The van der Waals surface area contributed by atoms with E-state index in [9.17, 15) is 4.79 Å². The second-order valence-electron chi connectivity index (χ2n) is 4.93. The van der Waals surface area contributed by atoms with Crippen LogP contribution in [0.25, 0.3) is 0 Å². The summed E-state index contributed by atoms with van der Waals surface area (Å²) in [5.41, 5.74) is 1.09. The quantitative estimate of drug-likeness (QED) is 0.845. The minimum absolute atomic E-state index is 0.237. The number of amides is 1. The summed E-state index contributed by atoms with van der Waals surface area (Å²) in [7, 11) is 1.89. The van der Waals surface area contributed by atoms with E-state index in [4.69, 9.17) is 0 Å². The van der Waals surface area contributed by atoms with Crippen LogP contribution in [0.3, 0.4) is 0 Å². The van der Waals surface area contributed by atoms with E-state index >= 15 is 0 Å². The molecule has 1 N–H and O–H groups in total. The lowest BCUT2D eigenvalue weighted by Gasteiger charge is -2.22. The van der Waals surface area contributed by atoms with E-state index in [1.807, 2.05) is 31.3 Å². The van der Waals surface area contributed by atoms with Crippen molar-refractivity contribution < 1.29 is 4.79 Å². The zero-order valence-corrected chi connectivity index (χ0v) is 11.2. The van der Waals surface area contributed by atoms with Crippen LogP contribution >= 0.6 is 0 Å². The summed E-state index contributed by atoms with van der Waals surface area (Å²) >= 11 is 0. The summed E-state index contributed by atoms with van der Waals surface area (Å²) < 4.78 is 1.77. The first kappa shape index (κ1) is 13.1. The molecule has 1 amide bonds. The molecule has 0 spiro atoms. The average Bonchev–Trinajstić information content (AvgIpc) is 2.97. The Morgan fingerprint density at radius 2 is 2.50 bits per heavy atom. The monoisotopic (exact) mass is 250 g/mol. The summed E-state index contributed by atoms with van der Waals surface area (Å²) in [4.78, 5) is 14.1. The van der Waals surface area contributed by atoms with Crippen LogP contribution in [0.15, 0.2) is 12.4 Å².